The molecule has 3 rings (SSSR count). The van der Waals surface area contributed by atoms with Gasteiger partial charge in [0.2, 0.25) is 10.0 Å². The number of nitrogens with one attached hydrogen (secondary N) is 2. The number of benzene rings is 2. The highest BCUT2D eigenvalue weighted by Gasteiger charge is 2.69. The van der Waals surface area contributed by atoms with Gasteiger partial charge in [0.05, 0.1) is 10.6 Å². The Kier molecular flexibility index (Phi) is 4.97. The van der Waals surface area contributed by atoms with Crippen LogP contribution in [0.1, 0.15) is 0 Å². The Hall–Kier alpha value is -2.83. The molecule has 3 amide bonds. The molecule has 1 aliphatic rings. The molecule has 13 heteroatoms. The maximum atomic E-state index is 13.9. The summed E-state index contributed by atoms with van der Waals surface area (Å²) in [6, 6.07) is 7.55. The maximum absolute atomic E-state index is 13.9. The summed E-state index contributed by atoms with van der Waals surface area (Å²) in [6.45, 7) is 0. The lowest BCUT2D eigenvalue weighted by atomic mass is 10.1. The summed E-state index contributed by atoms with van der Waals surface area (Å²) in [5.74, 6) is -1.86. The smallest absolute Gasteiger partial charge is 0.399 e. The molecule has 1 saturated heterocycles. The predicted octanol–water partition coefficient (Wildman–Crippen LogP) is 2.22. The van der Waals surface area contributed by atoms with E-state index in [4.69, 9.17) is 17.3 Å². The average molecular weight is 449 g/mol. The predicted molar refractivity (Wildman–Crippen MR) is 97.4 cm³/mol. The lowest BCUT2D eigenvalue weighted by Crippen LogP contribution is -2.69. The van der Waals surface area contributed by atoms with Crippen molar-refractivity contribution in [2.24, 2.45) is 0 Å². The second kappa shape index (κ2) is 6.90. The van der Waals surface area contributed by atoms with Gasteiger partial charge >= 0.3 is 12.2 Å². The van der Waals surface area contributed by atoms with Crippen LogP contribution in [0.2, 0.25) is 5.02 Å². The van der Waals surface area contributed by atoms with Crippen LogP contribution in [0.3, 0.4) is 0 Å². The third-order valence-corrected chi connectivity index (χ3v) is 5.73. The molecule has 4 N–H and O–H groups in total. The Morgan fingerprint density at radius 1 is 1.03 bits per heavy atom. The summed E-state index contributed by atoms with van der Waals surface area (Å²) >= 11 is 5.70. The zero-order valence-electron chi connectivity index (χ0n) is 14.2. The lowest BCUT2D eigenvalue weighted by Gasteiger charge is -2.29. The fourth-order valence-electron chi connectivity index (χ4n) is 2.58. The van der Waals surface area contributed by atoms with Crippen LogP contribution < -0.4 is 20.7 Å². The van der Waals surface area contributed by atoms with Crippen LogP contribution in [0.4, 0.5) is 29.3 Å². The van der Waals surface area contributed by atoms with Crippen molar-refractivity contribution in [1.29, 1.82) is 0 Å². The van der Waals surface area contributed by atoms with E-state index in [9.17, 15) is 31.2 Å². The molecule has 0 aromatic heterocycles. The van der Waals surface area contributed by atoms with Gasteiger partial charge in [-0.3, -0.25) is 4.79 Å². The zero-order valence-corrected chi connectivity index (χ0v) is 15.8. The first-order valence-electron chi connectivity index (χ1n) is 7.76. The van der Waals surface area contributed by atoms with Crippen molar-refractivity contribution in [2.75, 3.05) is 10.6 Å². The number of hydrogen-bond acceptors (Lipinski definition) is 5. The van der Waals surface area contributed by atoms with Gasteiger partial charge < -0.3 is 11.1 Å². The second-order valence-corrected chi connectivity index (χ2v) is 8.09. The molecule has 0 saturated carbocycles. The van der Waals surface area contributed by atoms with Crippen molar-refractivity contribution in [3.05, 3.63) is 53.6 Å². The van der Waals surface area contributed by atoms with Crippen LogP contribution in [0.5, 0.6) is 0 Å². The fourth-order valence-corrected chi connectivity index (χ4v) is 3.98. The maximum Gasteiger partial charge on any atom is 0.435 e. The van der Waals surface area contributed by atoms with E-state index in [-0.39, 0.29) is 21.3 Å². The first kappa shape index (κ1) is 20.9. The molecular formula is C16H12ClF3N4O4S. The summed E-state index contributed by atoms with van der Waals surface area (Å²) in [7, 11) is -4.88. The Bertz CT molecular complexity index is 1070. The van der Waals surface area contributed by atoms with Crippen LogP contribution in [0, 0.1) is 0 Å². The molecule has 1 heterocycles. The van der Waals surface area contributed by atoms with Crippen molar-refractivity contribution >= 4 is 44.9 Å². The third kappa shape index (κ3) is 3.61. The molecule has 1 aliphatic heterocycles. The Morgan fingerprint density at radius 3 is 2.10 bits per heavy atom. The summed E-state index contributed by atoms with van der Waals surface area (Å²) in [4.78, 5) is 24.5. The zero-order chi connectivity index (χ0) is 21.6. The SMILES string of the molecule is Nc1ccc(S(=O)(=O)NC2(C(F)(F)F)NC(=O)N(c3ccc(Cl)cc3)C2=O)cc1. The van der Waals surface area contributed by atoms with Gasteiger partial charge in [-0.25, -0.2) is 18.1 Å². The third-order valence-electron chi connectivity index (χ3n) is 4.01. The van der Waals surface area contributed by atoms with Crippen molar-refractivity contribution in [3.8, 4) is 0 Å². The Labute approximate surface area is 167 Å². The molecule has 0 spiro atoms. The first-order valence-corrected chi connectivity index (χ1v) is 9.62. The van der Waals surface area contributed by atoms with Crippen molar-refractivity contribution in [3.63, 3.8) is 0 Å². The molecule has 1 atom stereocenters. The minimum Gasteiger partial charge on any atom is -0.399 e. The summed E-state index contributed by atoms with van der Waals surface area (Å²) < 4.78 is 67.9. The number of amides is 3. The van der Waals surface area contributed by atoms with E-state index >= 15 is 0 Å². The van der Waals surface area contributed by atoms with Gasteiger partial charge in [-0.1, -0.05) is 11.6 Å². The fraction of sp³-hybridized carbons (Fsp3) is 0.125. The van der Waals surface area contributed by atoms with E-state index in [1.54, 1.807) is 0 Å². The van der Waals surface area contributed by atoms with E-state index in [1.165, 1.54) is 22.2 Å². The van der Waals surface area contributed by atoms with Crippen molar-refractivity contribution in [2.45, 2.75) is 16.7 Å². The number of carbonyl (C=O) groups excluding carboxylic acids is 2. The molecule has 2 aromatic rings. The highest BCUT2D eigenvalue weighted by atomic mass is 35.5. The van der Waals surface area contributed by atoms with Gasteiger partial charge in [0.25, 0.3) is 11.6 Å². The van der Waals surface area contributed by atoms with E-state index in [0.717, 1.165) is 36.4 Å². The number of urea groups is 1. The van der Waals surface area contributed by atoms with Crippen LogP contribution in [0.25, 0.3) is 0 Å². The summed E-state index contributed by atoms with van der Waals surface area (Å²) in [6.07, 6.45) is -5.50. The molecule has 0 aliphatic carbocycles. The van der Waals surface area contributed by atoms with E-state index in [1.807, 2.05) is 0 Å². The highest BCUT2D eigenvalue weighted by molar-refractivity contribution is 7.89. The number of nitrogens with zero attached hydrogens (tertiary/aromatic N) is 1. The van der Waals surface area contributed by atoms with E-state index in [2.05, 4.69) is 0 Å². The van der Waals surface area contributed by atoms with Crippen LogP contribution >= 0.6 is 11.6 Å². The standard InChI is InChI=1S/C16H12ClF3N4O4S/c17-9-1-5-11(6-2-9)24-13(25)15(16(18,19)20,22-14(24)26)23-29(27,28)12-7-3-10(21)4-8-12/h1-8,23H,21H2,(H,22,26). The minimum absolute atomic E-state index is 0.175. The number of imide groups is 1. The van der Waals surface area contributed by atoms with Crippen LogP contribution in [-0.2, 0) is 14.8 Å². The first-order chi connectivity index (χ1) is 13.4. The molecule has 0 bridgehead atoms. The van der Waals surface area contributed by atoms with E-state index < -0.39 is 38.7 Å². The normalized spacial score (nSPS) is 20.1. The van der Waals surface area contributed by atoms with Gasteiger partial charge in [0.15, 0.2) is 0 Å². The van der Waals surface area contributed by atoms with Crippen LogP contribution in [0.15, 0.2) is 53.4 Å². The number of rotatable bonds is 4. The number of alkyl halides is 3. The highest BCUT2D eigenvalue weighted by Crippen LogP contribution is 2.37. The van der Waals surface area contributed by atoms with Gasteiger partial charge in [0, 0.05) is 10.7 Å². The molecule has 0 radical (unpaired) electrons. The number of sulfonamides is 1. The molecule has 8 nitrogen and oxygen atoms in total. The van der Waals surface area contributed by atoms with Gasteiger partial charge in [0.1, 0.15) is 0 Å². The molecular weight excluding hydrogens is 437 g/mol. The lowest BCUT2D eigenvalue weighted by molar-refractivity contribution is -0.194. The van der Waals surface area contributed by atoms with Gasteiger partial charge in [-0.15, -0.1) is 0 Å². The second-order valence-electron chi connectivity index (χ2n) is 5.97. The van der Waals surface area contributed by atoms with Crippen molar-refractivity contribution in [1.82, 2.24) is 10.0 Å². The quantitative estimate of drug-likeness (QED) is 0.489. The molecule has 1 fully saturated rings. The topological polar surface area (TPSA) is 122 Å². The molecule has 1 unspecified atom stereocenters. The largest absolute Gasteiger partial charge is 0.435 e. The number of halogens is 4. The Morgan fingerprint density at radius 2 is 1.59 bits per heavy atom. The average Bonchev–Trinajstić information content (AvgIpc) is 2.87. The molecule has 154 valence electrons. The van der Waals surface area contributed by atoms with E-state index in [0.29, 0.717) is 0 Å². The van der Waals surface area contributed by atoms with Crippen LogP contribution in [-0.4, -0.2) is 32.2 Å². The molecule has 29 heavy (non-hydrogen) atoms. The van der Waals surface area contributed by atoms with Crippen molar-refractivity contribution < 1.29 is 31.2 Å². The number of nitrogens with two attached hydrogens (primary N) is 1. The summed E-state index contributed by atoms with van der Waals surface area (Å²) in [5, 5.41) is 1.64. The summed E-state index contributed by atoms with van der Waals surface area (Å²) in [5.41, 5.74) is 1.49. The van der Waals surface area contributed by atoms with Gasteiger partial charge in [-0.05, 0) is 48.5 Å². The number of nitrogen functional groups attached to an aromatic ring is 1. The number of anilines is 2. The molecule has 2 aromatic carbocycles. The monoisotopic (exact) mass is 448 g/mol. The Balaban J connectivity index is 2.06. The number of carbonyl (C=O) groups is 2. The minimum atomic E-state index is -5.50. The number of hydrogen-bond donors (Lipinski definition) is 3. The van der Waals surface area contributed by atoms with Gasteiger partial charge in [-0.2, -0.15) is 17.9 Å².